The second kappa shape index (κ2) is 6.70. The molecule has 0 amide bonds. The highest BCUT2D eigenvalue weighted by molar-refractivity contribution is 6.09. The zero-order valence-corrected chi connectivity index (χ0v) is 16.8. The van der Waals surface area contributed by atoms with Gasteiger partial charge in [0.2, 0.25) is 0 Å². The first-order valence-corrected chi connectivity index (χ1v) is 10.0. The summed E-state index contributed by atoms with van der Waals surface area (Å²) in [6, 6.07) is 19.4. The monoisotopic (exact) mass is 383 g/mol. The summed E-state index contributed by atoms with van der Waals surface area (Å²) in [6.07, 6.45) is 0.982. The topological polar surface area (TPSA) is 26.0 Å². The molecule has 0 unspecified atom stereocenters. The van der Waals surface area contributed by atoms with Crippen molar-refractivity contribution in [1.82, 2.24) is 4.98 Å². The summed E-state index contributed by atoms with van der Waals surface area (Å²) in [4.78, 5) is 4.96. The molecule has 3 heteroatoms. The van der Waals surface area contributed by atoms with Crippen molar-refractivity contribution < 1.29 is 8.81 Å². The van der Waals surface area contributed by atoms with Crippen molar-refractivity contribution in [2.75, 3.05) is 0 Å². The molecule has 0 aliphatic rings. The van der Waals surface area contributed by atoms with Crippen LogP contribution in [0, 0.1) is 18.7 Å². The number of hydrogen-bond acceptors (Lipinski definition) is 2. The van der Waals surface area contributed by atoms with Gasteiger partial charge in [-0.05, 0) is 66.8 Å². The highest BCUT2D eigenvalue weighted by atomic mass is 19.1. The summed E-state index contributed by atoms with van der Waals surface area (Å²) >= 11 is 0. The molecule has 144 valence electrons. The largest absolute Gasteiger partial charge is 0.455 e. The zero-order valence-electron chi connectivity index (χ0n) is 16.8. The van der Waals surface area contributed by atoms with Gasteiger partial charge in [0.05, 0.1) is 11.2 Å². The lowest BCUT2D eigenvalue weighted by Crippen LogP contribution is -1.98. The van der Waals surface area contributed by atoms with Crippen molar-refractivity contribution in [1.29, 1.82) is 0 Å². The van der Waals surface area contributed by atoms with E-state index in [1.165, 1.54) is 23.1 Å². The van der Waals surface area contributed by atoms with Crippen LogP contribution >= 0.6 is 0 Å². The smallest absolute Gasteiger partial charge is 0.144 e. The second-order valence-electron chi connectivity index (χ2n) is 8.21. The first-order valence-electron chi connectivity index (χ1n) is 10.0. The Morgan fingerprint density at radius 2 is 1.76 bits per heavy atom. The van der Waals surface area contributed by atoms with Gasteiger partial charge in [-0.1, -0.05) is 32.0 Å². The van der Waals surface area contributed by atoms with E-state index in [1.807, 2.05) is 6.07 Å². The molecule has 0 saturated carbocycles. The van der Waals surface area contributed by atoms with Crippen molar-refractivity contribution in [3.63, 3.8) is 0 Å². The number of rotatable bonds is 3. The third-order valence-electron chi connectivity index (χ3n) is 5.39. The van der Waals surface area contributed by atoms with E-state index in [9.17, 15) is 4.39 Å². The molecule has 0 spiro atoms. The Bertz CT molecular complexity index is 1380. The highest BCUT2D eigenvalue weighted by Gasteiger charge is 2.16. The normalized spacial score (nSPS) is 11.9. The number of benzene rings is 3. The molecular weight excluding hydrogens is 361 g/mol. The van der Waals surface area contributed by atoms with E-state index in [1.54, 1.807) is 6.07 Å². The van der Waals surface area contributed by atoms with Crippen molar-refractivity contribution in [3.05, 3.63) is 77.6 Å². The van der Waals surface area contributed by atoms with Crippen molar-refractivity contribution in [3.8, 4) is 11.3 Å². The fraction of sp³-hybridized carbons (Fsp3) is 0.192. The lowest BCUT2D eigenvalue weighted by Gasteiger charge is -2.12. The maximum absolute atomic E-state index is 13.7. The first-order chi connectivity index (χ1) is 14.0. The summed E-state index contributed by atoms with van der Waals surface area (Å²) in [5.41, 5.74) is 6.57. The Kier molecular flexibility index (Phi) is 4.13. The minimum Gasteiger partial charge on any atom is -0.455 e. The molecule has 2 aromatic heterocycles. The summed E-state index contributed by atoms with van der Waals surface area (Å²) in [6.45, 7) is 6.53. The molecule has 0 aliphatic heterocycles. The number of nitrogens with zero attached hydrogens (tertiary/aromatic N) is 1. The van der Waals surface area contributed by atoms with Gasteiger partial charge in [0, 0.05) is 27.8 Å². The van der Waals surface area contributed by atoms with Gasteiger partial charge in [-0.2, -0.15) is 0 Å². The van der Waals surface area contributed by atoms with E-state index >= 15 is 0 Å². The van der Waals surface area contributed by atoms with E-state index in [0.29, 0.717) is 11.5 Å². The number of hydrogen-bond donors (Lipinski definition) is 0. The molecule has 0 atom stereocenters. The van der Waals surface area contributed by atoms with Crippen molar-refractivity contribution in [2.45, 2.75) is 27.2 Å². The molecule has 29 heavy (non-hydrogen) atoms. The van der Waals surface area contributed by atoms with Crippen LogP contribution in [0.15, 0.2) is 65.1 Å². The van der Waals surface area contributed by atoms with Crippen molar-refractivity contribution in [2.24, 2.45) is 5.92 Å². The van der Waals surface area contributed by atoms with Gasteiger partial charge >= 0.3 is 0 Å². The lowest BCUT2D eigenvalue weighted by molar-refractivity contribution is 0.618. The standard InChI is InChI=1S/C26H22FNO/c1-15(2)10-17-13-24(28-23-7-5-4-6-19(17)23)22-12-16(3)11-21-20-9-8-18(27)14-25(20)29-26(21)22/h4-9,11-15H,10H2,1-3H3. The Labute approximate surface area is 169 Å². The van der Waals surface area contributed by atoms with Crippen LogP contribution < -0.4 is 0 Å². The number of halogens is 1. The maximum Gasteiger partial charge on any atom is 0.144 e. The van der Waals surface area contributed by atoms with Crippen LogP contribution in [0.2, 0.25) is 0 Å². The third kappa shape index (κ3) is 3.07. The molecule has 3 aromatic carbocycles. The van der Waals surface area contributed by atoms with Crippen LogP contribution in [0.4, 0.5) is 4.39 Å². The molecule has 0 radical (unpaired) electrons. The fourth-order valence-corrected chi connectivity index (χ4v) is 4.18. The molecule has 0 saturated heterocycles. The summed E-state index contributed by atoms with van der Waals surface area (Å²) in [7, 11) is 0. The maximum atomic E-state index is 13.7. The van der Waals surface area contributed by atoms with Crippen LogP contribution in [-0.4, -0.2) is 4.98 Å². The molecule has 2 nitrogen and oxygen atoms in total. The van der Waals surface area contributed by atoms with Gasteiger partial charge < -0.3 is 4.42 Å². The number of aromatic nitrogens is 1. The number of fused-ring (bicyclic) bond motifs is 4. The molecule has 0 N–H and O–H groups in total. The van der Waals surface area contributed by atoms with Crippen LogP contribution in [0.25, 0.3) is 44.1 Å². The summed E-state index contributed by atoms with van der Waals surface area (Å²) < 4.78 is 19.9. The number of furan rings is 1. The molecule has 0 fully saturated rings. The minimum absolute atomic E-state index is 0.294. The highest BCUT2D eigenvalue weighted by Crippen LogP contribution is 2.37. The molecular formula is C26H22FNO. The lowest BCUT2D eigenvalue weighted by atomic mass is 9.96. The summed E-state index contributed by atoms with van der Waals surface area (Å²) in [5.74, 6) is 0.248. The second-order valence-corrected chi connectivity index (χ2v) is 8.21. The van der Waals surface area contributed by atoms with Crippen LogP contribution in [0.1, 0.15) is 25.0 Å². The average Bonchev–Trinajstić information content (AvgIpc) is 3.04. The van der Waals surface area contributed by atoms with Crippen LogP contribution in [0.3, 0.4) is 0 Å². The van der Waals surface area contributed by atoms with Gasteiger partial charge in [-0.15, -0.1) is 0 Å². The summed E-state index contributed by atoms with van der Waals surface area (Å²) in [5, 5.41) is 3.12. The molecule has 5 rings (SSSR count). The predicted molar refractivity (Wildman–Crippen MR) is 118 cm³/mol. The van der Waals surface area contributed by atoms with E-state index in [2.05, 4.69) is 57.2 Å². The van der Waals surface area contributed by atoms with E-state index in [0.717, 1.165) is 45.1 Å². The van der Waals surface area contributed by atoms with E-state index in [-0.39, 0.29) is 5.82 Å². The van der Waals surface area contributed by atoms with Gasteiger partial charge in [-0.3, -0.25) is 0 Å². The Morgan fingerprint density at radius 1 is 0.931 bits per heavy atom. The zero-order chi connectivity index (χ0) is 20.1. The average molecular weight is 383 g/mol. The minimum atomic E-state index is -0.294. The van der Waals surface area contributed by atoms with Crippen LogP contribution in [-0.2, 0) is 6.42 Å². The van der Waals surface area contributed by atoms with Crippen LogP contribution in [0.5, 0.6) is 0 Å². The Balaban J connectivity index is 1.83. The molecule has 0 bridgehead atoms. The number of pyridine rings is 1. The SMILES string of the molecule is Cc1cc(-c2cc(CC(C)C)c3ccccc3n2)c2oc3cc(F)ccc3c2c1. The first kappa shape index (κ1) is 17.9. The number of aryl methyl sites for hydroxylation is 1. The van der Waals surface area contributed by atoms with Gasteiger partial charge in [-0.25, -0.2) is 9.37 Å². The Hall–Kier alpha value is -3.20. The number of para-hydroxylation sites is 1. The van der Waals surface area contributed by atoms with Crippen molar-refractivity contribution >= 4 is 32.8 Å². The van der Waals surface area contributed by atoms with E-state index < -0.39 is 0 Å². The third-order valence-corrected chi connectivity index (χ3v) is 5.39. The van der Waals surface area contributed by atoms with Gasteiger partial charge in [0.25, 0.3) is 0 Å². The molecule has 0 aliphatic carbocycles. The quantitative estimate of drug-likeness (QED) is 0.323. The van der Waals surface area contributed by atoms with Gasteiger partial charge in [0.15, 0.2) is 0 Å². The molecule has 2 heterocycles. The Morgan fingerprint density at radius 3 is 2.59 bits per heavy atom. The fourth-order valence-electron chi connectivity index (χ4n) is 4.18. The molecule has 5 aromatic rings. The van der Waals surface area contributed by atoms with Gasteiger partial charge in [0.1, 0.15) is 17.0 Å². The predicted octanol–water partition coefficient (Wildman–Crippen LogP) is 7.45. The van der Waals surface area contributed by atoms with E-state index in [4.69, 9.17) is 9.40 Å².